The molecule has 0 rings (SSSR count). The van der Waals surface area contributed by atoms with Crippen LogP contribution in [0.5, 0.6) is 0 Å². The van der Waals surface area contributed by atoms with Crippen LogP contribution < -0.4 is 5.32 Å². The largest absolute Gasteiger partial charge is 0.479 e. The Bertz CT molecular complexity index is 308. The van der Waals surface area contributed by atoms with Gasteiger partial charge in [0.25, 0.3) is 0 Å². The van der Waals surface area contributed by atoms with Gasteiger partial charge in [-0.3, -0.25) is 4.79 Å². The normalized spacial score (nSPS) is 12.0. The van der Waals surface area contributed by atoms with Crippen LogP contribution in [0.2, 0.25) is 0 Å². The third kappa shape index (κ3) is 6.06. The number of carbonyl (C=O) groups is 2. The molecule has 5 nitrogen and oxygen atoms in total. The summed E-state index contributed by atoms with van der Waals surface area (Å²) in [6.45, 7) is 10.3. The maximum absolute atomic E-state index is 11.1. The average Bonchev–Trinajstić information content (AvgIpc) is 2.15. The van der Waals surface area contributed by atoms with Gasteiger partial charge in [0, 0.05) is 5.54 Å². The summed E-state index contributed by atoms with van der Waals surface area (Å²) in [4.78, 5) is 21.9. The minimum atomic E-state index is -1.21. The van der Waals surface area contributed by atoms with Crippen molar-refractivity contribution in [2.75, 3.05) is 6.61 Å². The Hall–Kier alpha value is -1.36. The summed E-state index contributed by atoms with van der Waals surface area (Å²) in [7, 11) is 0. The standard InChI is InChI=1S/C12H21NO4/c1-6-9(14)13-11(2,3)7-8-17-12(4,5)10(15)16/h6H,1,7-8H2,2-5H3,(H,13,14)(H,15,16). The Morgan fingerprint density at radius 3 is 2.29 bits per heavy atom. The molecule has 0 saturated carbocycles. The fourth-order valence-corrected chi connectivity index (χ4v) is 1.07. The lowest BCUT2D eigenvalue weighted by Gasteiger charge is -2.28. The summed E-state index contributed by atoms with van der Waals surface area (Å²) in [5.74, 6) is -1.27. The zero-order chi connectivity index (χ0) is 13.7. The van der Waals surface area contributed by atoms with Gasteiger partial charge in [-0.05, 0) is 40.2 Å². The fourth-order valence-electron chi connectivity index (χ4n) is 1.07. The lowest BCUT2D eigenvalue weighted by molar-refractivity contribution is -0.161. The van der Waals surface area contributed by atoms with Gasteiger partial charge in [0.1, 0.15) is 0 Å². The van der Waals surface area contributed by atoms with Crippen LogP contribution in [0.1, 0.15) is 34.1 Å². The van der Waals surface area contributed by atoms with E-state index in [4.69, 9.17) is 9.84 Å². The monoisotopic (exact) mass is 243 g/mol. The predicted molar refractivity (Wildman–Crippen MR) is 64.7 cm³/mol. The summed E-state index contributed by atoms with van der Waals surface area (Å²) >= 11 is 0. The van der Waals surface area contributed by atoms with E-state index in [1.54, 1.807) is 0 Å². The zero-order valence-corrected chi connectivity index (χ0v) is 10.9. The molecule has 0 aliphatic rings. The quantitative estimate of drug-likeness (QED) is 0.661. The maximum atomic E-state index is 11.1. The topological polar surface area (TPSA) is 75.6 Å². The van der Waals surface area contributed by atoms with Crippen LogP contribution in [-0.4, -0.2) is 34.7 Å². The summed E-state index contributed by atoms with van der Waals surface area (Å²) < 4.78 is 5.27. The van der Waals surface area contributed by atoms with E-state index >= 15 is 0 Å². The van der Waals surface area contributed by atoms with Gasteiger partial charge in [-0.2, -0.15) is 0 Å². The highest BCUT2D eigenvalue weighted by Crippen LogP contribution is 2.14. The number of carboxylic acid groups (broad SMARTS) is 1. The molecule has 98 valence electrons. The van der Waals surface area contributed by atoms with Gasteiger partial charge in [0.05, 0.1) is 6.61 Å². The SMILES string of the molecule is C=CC(=O)NC(C)(C)CCOC(C)(C)C(=O)O. The van der Waals surface area contributed by atoms with Gasteiger partial charge < -0.3 is 15.2 Å². The summed E-state index contributed by atoms with van der Waals surface area (Å²) in [5.41, 5.74) is -1.67. The van der Waals surface area contributed by atoms with Crippen molar-refractivity contribution < 1.29 is 19.4 Å². The number of aliphatic carboxylic acids is 1. The number of rotatable bonds is 7. The van der Waals surface area contributed by atoms with Crippen molar-refractivity contribution in [2.45, 2.75) is 45.3 Å². The van der Waals surface area contributed by atoms with Gasteiger partial charge in [-0.15, -0.1) is 0 Å². The second-order valence-corrected chi connectivity index (χ2v) is 4.99. The molecule has 0 heterocycles. The molecule has 0 bridgehead atoms. The predicted octanol–water partition coefficient (Wildman–Crippen LogP) is 1.34. The van der Waals surface area contributed by atoms with Gasteiger partial charge >= 0.3 is 5.97 Å². The molecule has 0 atom stereocenters. The highest BCUT2D eigenvalue weighted by molar-refractivity contribution is 5.87. The highest BCUT2D eigenvalue weighted by atomic mass is 16.5. The Morgan fingerprint density at radius 1 is 1.35 bits per heavy atom. The smallest absolute Gasteiger partial charge is 0.335 e. The van der Waals surface area contributed by atoms with Crippen LogP contribution in [0.3, 0.4) is 0 Å². The van der Waals surface area contributed by atoms with E-state index in [1.807, 2.05) is 13.8 Å². The van der Waals surface area contributed by atoms with Crippen LogP contribution >= 0.6 is 0 Å². The van der Waals surface area contributed by atoms with Crippen LogP contribution in [0.4, 0.5) is 0 Å². The van der Waals surface area contributed by atoms with E-state index in [-0.39, 0.29) is 12.5 Å². The first kappa shape index (κ1) is 15.6. The molecule has 0 unspecified atom stereocenters. The molecule has 0 spiro atoms. The number of amides is 1. The molecular weight excluding hydrogens is 222 g/mol. The summed E-state index contributed by atoms with van der Waals surface area (Å²) in [6, 6.07) is 0. The number of carbonyl (C=O) groups excluding carboxylic acids is 1. The van der Waals surface area contributed by atoms with E-state index in [0.29, 0.717) is 6.42 Å². The van der Waals surface area contributed by atoms with Gasteiger partial charge in [-0.25, -0.2) is 4.79 Å². The van der Waals surface area contributed by atoms with E-state index < -0.39 is 17.1 Å². The average molecular weight is 243 g/mol. The van der Waals surface area contributed by atoms with Crippen LogP contribution in [0, 0.1) is 0 Å². The van der Waals surface area contributed by atoms with Crippen LogP contribution in [0.25, 0.3) is 0 Å². The first-order valence-corrected chi connectivity index (χ1v) is 5.43. The minimum absolute atomic E-state index is 0.254. The molecular formula is C12H21NO4. The number of nitrogens with one attached hydrogen (secondary N) is 1. The minimum Gasteiger partial charge on any atom is -0.479 e. The molecule has 2 N–H and O–H groups in total. The molecule has 0 aromatic carbocycles. The molecule has 0 aliphatic heterocycles. The van der Waals surface area contributed by atoms with Crippen molar-refractivity contribution in [2.24, 2.45) is 0 Å². The van der Waals surface area contributed by atoms with E-state index in [1.165, 1.54) is 19.9 Å². The van der Waals surface area contributed by atoms with Crippen molar-refractivity contribution in [3.05, 3.63) is 12.7 Å². The third-order valence-electron chi connectivity index (χ3n) is 2.35. The van der Waals surface area contributed by atoms with E-state index in [0.717, 1.165) is 0 Å². The summed E-state index contributed by atoms with van der Waals surface area (Å²) in [6.07, 6.45) is 1.72. The Balaban J connectivity index is 4.15. The summed E-state index contributed by atoms with van der Waals surface area (Å²) in [5, 5.41) is 11.6. The maximum Gasteiger partial charge on any atom is 0.335 e. The van der Waals surface area contributed by atoms with Crippen LogP contribution in [0.15, 0.2) is 12.7 Å². The third-order valence-corrected chi connectivity index (χ3v) is 2.35. The van der Waals surface area contributed by atoms with E-state index in [2.05, 4.69) is 11.9 Å². The fraction of sp³-hybridized carbons (Fsp3) is 0.667. The van der Waals surface area contributed by atoms with Crippen molar-refractivity contribution in [1.29, 1.82) is 0 Å². The Labute approximate surface area is 102 Å². The number of ether oxygens (including phenoxy) is 1. The Kier molecular flexibility index (Phi) is 5.35. The zero-order valence-electron chi connectivity index (χ0n) is 10.9. The van der Waals surface area contributed by atoms with Crippen LogP contribution in [-0.2, 0) is 14.3 Å². The molecule has 0 fully saturated rings. The van der Waals surface area contributed by atoms with Crippen molar-refractivity contribution in [1.82, 2.24) is 5.32 Å². The van der Waals surface area contributed by atoms with Crippen molar-refractivity contribution in [3.8, 4) is 0 Å². The molecule has 1 amide bonds. The van der Waals surface area contributed by atoms with Crippen molar-refractivity contribution >= 4 is 11.9 Å². The highest BCUT2D eigenvalue weighted by Gasteiger charge is 2.29. The Morgan fingerprint density at radius 2 is 1.88 bits per heavy atom. The molecule has 0 saturated heterocycles. The first-order chi connectivity index (χ1) is 7.60. The number of hydrogen-bond donors (Lipinski definition) is 2. The van der Waals surface area contributed by atoms with Gasteiger partial charge in [0.2, 0.25) is 5.91 Å². The molecule has 0 radical (unpaired) electrons. The molecule has 0 aromatic heterocycles. The second kappa shape index (κ2) is 5.82. The molecule has 0 aliphatic carbocycles. The lowest BCUT2D eigenvalue weighted by atomic mass is 10.0. The lowest BCUT2D eigenvalue weighted by Crippen LogP contribution is -2.44. The van der Waals surface area contributed by atoms with Crippen molar-refractivity contribution in [3.63, 3.8) is 0 Å². The molecule has 17 heavy (non-hydrogen) atoms. The number of carboxylic acids is 1. The second-order valence-electron chi connectivity index (χ2n) is 4.99. The van der Waals surface area contributed by atoms with E-state index in [9.17, 15) is 9.59 Å². The molecule has 0 aromatic rings. The van der Waals surface area contributed by atoms with Gasteiger partial charge in [-0.1, -0.05) is 6.58 Å². The van der Waals surface area contributed by atoms with Gasteiger partial charge in [0.15, 0.2) is 5.60 Å². The first-order valence-electron chi connectivity index (χ1n) is 5.43. The number of hydrogen-bond acceptors (Lipinski definition) is 3. The molecule has 5 heteroatoms.